The lowest BCUT2D eigenvalue weighted by molar-refractivity contribution is 0.454. The monoisotopic (exact) mass is 192 g/mol. The molecule has 0 heteroatoms. The van der Waals surface area contributed by atoms with Crippen LogP contribution < -0.4 is 0 Å². The maximum atomic E-state index is 3.66. The molecule has 0 saturated carbocycles. The molecule has 0 aromatic heterocycles. The molecule has 0 unspecified atom stereocenters. The Balaban J connectivity index is 4.06. The molecule has 0 N–H and O–H groups in total. The molecule has 0 bridgehead atoms. The van der Waals surface area contributed by atoms with Crippen LogP contribution in [0.3, 0.4) is 0 Å². The van der Waals surface area contributed by atoms with E-state index in [-0.39, 0.29) is 0 Å². The lowest BCUT2D eigenvalue weighted by atomic mass is 9.94. The Bertz CT molecular complexity index is 208. The van der Waals surface area contributed by atoms with E-state index in [1.165, 1.54) is 18.4 Å². The highest BCUT2D eigenvalue weighted by Gasteiger charge is 2.03. The third-order valence-corrected chi connectivity index (χ3v) is 2.51. The van der Waals surface area contributed by atoms with Crippen molar-refractivity contribution in [1.82, 2.24) is 0 Å². The molecule has 0 saturated heterocycles. The molecular weight excluding hydrogens is 168 g/mol. The fraction of sp³-hybridized carbons (Fsp3) is 0.571. The van der Waals surface area contributed by atoms with Crippen LogP contribution in [-0.4, -0.2) is 0 Å². The van der Waals surface area contributed by atoms with Crippen molar-refractivity contribution in [3.05, 3.63) is 36.5 Å². The Hall–Kier alpha value is -0.780. The third-order valence-electron chi connectivity index (χ3n) is 2.51. The molecule has 0 aromatic rings. The fourth-order valence-electron chi connectivity index (χ4n) is 1.59. The Morgan fingerprint density at radius 2 is 2.00 bits per heavy atom. The summed E-state index contributed by atoms with van der Waals surface area (Å²) in [6, 6.07) is 0. The van der Waals surface area contributed by atoms with E-state index < -0.39 is 0 Å². The predicted octanol–water partition coefficient (Wildman–Crippen LogP) is 4.75. The zero-order chi connectivity index (χ0) is 11.0. The van der Waals surface area contributed by atoms with Crippen LogP contribution in [0.2, 0.25) is 0 Å². The molecule has 80 valence electrons. The molecule has 0 amide bonds. The Morgan fingerprint density at radius 1 is 1.36 bits per heavy atom. The molecule has 0 aliphatic carbocycles. The van der Waals surface area contributed by atoms with Crippen molar-refractivity contribution in [1.29, 1.82) is 0 Å². The summed E-state index contributed by atoms with van der Waals surface area (Å²) in [4.78, 5) is 0. The van der Waals surface area contributed by atoms with Gasteiger partial charge in [0.2, 0.25) is 0 Å². The van der Waals surface area contributed by atoms with Crippen molar-refractivity contribution in [2.24, 2.45) is 11.8 Å². The summed E-state index contributed by atoms with van der Waals surface area (Å²) in [6.45, 7) is 12.7. The smallest absolute Gasteiger partial charge is 0.0254 e. The van der Waals surface area contributed by atoms with E-state index in [4.69, 9.17) is 0 Å². The minimum Gasteiger partial charge on any atom is -0.0991 e. The van der Waals surface area contributed by atoms with E-state index in [0.717, 1.165) is 5.92 Å². The van der Waals surface area contributed by atoms with Gasteiger partial charge in [-0.3, -0.25) is 0 Å². The summed E-state index contributed by atoms with van der Waals surface area (Å²) in [5, 5.41) is 0. The Morgan fingerprint density at radius 3 is 2.50 bits per heavy atom. The van der Waals surface area contributed by atoms with Crippen LogP contribution in [0.15, 0.2) is 36.5 Å². The number of rotatable bonds is 6. The molecule has 0 heterocycles. The van der Waals surface area contributed by atoms with Crippen LogP contribution in [0.25, 0.3) is 0 Å². The van der Waals surface area contributed by atoms with Crippen molar-refractivity contribution in [3.63, 3.8) is 0 Å². The summed E-state index contributed by atoms with van der Waals surface area (Å²) >= 11 is 0. The molecule has 0 aromatic carbocycles. The van der Waals surface area contributed by atoms with Crippen molar-refractivity contribution in [2.75, 3.05) is 0 Å². The molecule has 0 aliphatic rings. The number of allylic oxidation sites excluding steroid dienone is 5. The summed E-state index contributed by atoms with van der Waals surface area (Å²) in [5.41, 5.74) is 1.33. The quantitative estimate of drug-likeness (QED) is 0.533. The lowest BCUT2D eigenvalue weighted by Crippen LogP contribution is -1.99. The van der Waals surface area contributed by atoms with Gasteiger partial charge in [-0.2, -0.15) is 0 Å². The largest absolute Gasteiger partial charge is 0.0991 e. The first-order valence-corrected chi connectivity index (χ1v) is 5.57. The van der Waals surface area contributed by atoms with Crippen LogP contribution in [0.5, 0.6) is 0 Å². The molecule has 0 fully saturated rings. The van der Waals surface area contributed by atoms with Crippen molar-refractivity contribution < 1.29 is 0 Å². The number of hydrogen-bond donors (Lipinski definition) is 0. The topological polar surface area (TPSA) is 0 Å². The molecule has 0 radical (unpaired) electrons. The lowest BCUT2D eigenvalue weighted by Gasteiger charge is -2.12. The van der Waals surface area contributed by atoms with Gasteiger partial charge >= 0.3 is 0 Å². The van der Waals surface area contributed by atoms with Crippen LogP contribution >= 0.6 is 0 Å². The molecule has 0 nitrogen and oxygen atoms in total. The summed E-state index contributed by atoms with van der Waals surface area (Å²) in [5.74, 6) is 1.51. The molecule has 0 spiro atoms. The van der Waals surface area contributed by atoms with Crippen molar-refractivity contribution >= 4 is 0 Å². The van der Waals surface area contributed by atoms with E-state index in [2.05, 4.69) is 46.4 Å². The molecule has 14 heavy (non-hydrogen) atoms. The van der Waals surface area contributed by atoms with Crippen LogP contribution in [0.4, 0.5) is 0 Å². The third kappa shape index (κ3) is 6.71. The van der Waals surface area contributed by atoms with E-state index in [1.54, 1.807) is 0 Å². The maximum Gasteiger partial charge on any atom is -0.0254 e. The summed E-state index contributed by atoms with van der Waals surface area (Å²) < 4.78 is 0. The maximum absolute atomic E-state index is 3.66. The first-order valence-electron chi connectivity index (χ1n) is 5.57. The average molecular weight is 192 g/mol. The van der Waals surface area contributed by atoms with Gasteiger partial charge in [0.1, 0.15) is 0 Å². The van der Waals surface area contributed by atoms with Crippen LogP contribution in [0, 0.1) is 11.8 Å². The molecule has 2 atom stereocenters. The molecule has 0 aliphatic heterocycles. The van der Waals surface area contributed by atoms with Gasteiger partial charge in [-0.25, -0.2) is 0 Å². The van der Waals surface area contributed by atoms with Gasteiger partial charge in [0.05, 0.1) is 0 Å². The van der Waals surface area contributed by atoms with Gasteiger partial charge < -0.3 is 0 Å². The second-order valence-electron chi connectivity index (χ2n) is 4.23. The van der Waals surface area contributed by atoms with E-state index in [0.29, 0.717) is 5.92 Å². The SMILES string of the molecule is C=C/C=C/C(C)=C/[C@@H](C)C[C@@H](C)CC. The summed E-state index contributed by atoms with van der Waals surface area (Å²) in [7, 11) is 0. The Kier molecular flexibility index (Phi) is 7.18. The zero-order valence-electron chi connectivity index (χ0n) is 10.1. The van der Waals surface area contributed by atoms with Gasteiger partial charge in [-0.05, 0) is 25.2 Å². The summed E-state index contributed by atoms with van der Waals surface area (Å²) in [6.07, 6.45) is 10.8. The van der Waals surface area contributed by atoms with Crippen LogP contribution in [-0.2, 0) is 0 Å². The van der Waals surface area contributed by atoms with E-state index in [9.17, 15) is 0 Å². The first-order chi connectivity index (χ1) is 6.60. The van der Waals surface area contributed by atoms with Crippen LogP contribution in [0.1, 0.15) is 40.5 Å². The fourth-order valence-corrected chi connectivity index (χ4v) is 1.59. The highest BCUT2D eigenvalue weighted by Crippen LogP contribution is 2.17. The second kappa shape index (κ2) is 7.61. The van der Waals surface area contributed by atoms with E-state index >= 15 is 0 Å². The number of hydrogen-bond acceptors (Lipinski definition) is 0. The van der Waals surface area contributed by atoms with Gasteiger partial charge in [-0.1, -0.05) is 63.6 Å². The predicted molar refractivity (Wildman–Crippen MR) is 66.3 cm³/mol. The highest BCUT2D eigenvalue weighted by molar-refractivity contribution is 5.19. The van der Waals surface area contributed by atoms with E-state index in [1.807, 2.05) is 12.2 Å². The van der Waals surface area contributed by atoms with Crippen molar-refractivity contribution in [2.45, 2.75) is 40.5 Å². The van der Waals surface area contributed by atoms with Crippen molar-refractivity contribution in [3.8, 4) is 0 Å². The standard InChI is InChI=1S/C14H24/c1-6-8-9-13(4)11-14(5)10-12(3)7-2/h6,8-9,11-12,14H,1,7,10H2,2-5H3/b9-8+,13-11+/t12-,14-/m0/s1. The van der Waals surface area contributed by atoms with Gasteiger partial charge in [-0.15, -0.1) is 0 Å². The minimum atomic E-state index is 0.680. The van der Waals surface area contributed by atoms with Gasteiger partial charge in [0, 0.05) is 0 Å². The Labute approximate surface area is 89.4 Å². The molecular formula is C14H24. The van der Waals surface area contributed by atoms with Gasteiger partial charge in [0.25, 0.3) is 0 Å². The minimum absolute atomic E-state index is 0.680. The molecule has 0 rings (SSSR count). The second-order valence-corrected chi connectivity index (χ2v) is 4.23. The normalized spacial score (nSPS) is 17.0. The average Bonchev–Trinajstić information content (AvgIpc) is 2.14. The first kappa shape index (κ1) is 13.2. The van der Waals surface area contributed by atoms with Gasteiger partial charge in [0.15, 0.2) is 0 Å². The highest BCUT2D eigenvalue weighted by atomic mass is 14.1. The zero-order valence-corrected chi connectivity index (χ0v) is 10.1.